The molecular formula is C15H18N4O4. The van der Waals surface area contributed by atoms with Crippen LogP contribution < -0.4 is 5.73 Å². The Morgan fingerprint density at radius 3 is 2.70 bits per heavy atom. The summed E-state index contributed by atoms with van der Waals surface area (Å²) in [6, 6.07) is 6.55. The fraction of sp³-hybridized carbons (Fsp3) is 0.333. The van der Waals surface area contributed by atoms with Crippen molar-refractivity contribution >= 4 is 17.8 Å². The number of nitrogens with zero attached hydrogens (tertiary/aromatic N) is 3. The number of carbonyl (C=O) groups excluding carboxylic acids is 2. The van der Waals surface area contributed by atoms with Gasteiger partial charge in [-0.3, -0.25) is 0 Å². The largest absolute Gasteiger partial charge is 0.462 e. The first-order valence-corrected chi connectivity index (χ1v) is 7.24. The van der Waals surface area contributed by atoms with Crippen LogP contribution in [-0.2, 0) is 9.47 Å². The Morgan fingerprint density at radius 1 is 1.22 bits per heavy atom. The monoisotopic (exact) mass is 318 g/mol. The molecule has 0 fully saturated rings. The third kappa shape index (κ3) is 3.65. The smallest absolute Gasteiger partial charge is 0.362 e. The van der Waals surface area contributed by atoms with E-state index in [1.54, 1.807) is 31.2 Å². The summed E-state index contributed by atoms with van der Waals surface area (Å²) in [6.45, 7) is 4.16. The molecule has 8 nitrogen and oxygen atoms in total. The molecule has 0 atom stereocenters. The molecule has 1 aromatic heterocycles. The summed E-state index contributed by atoms with van der Waals surface area (Å²) in [5.41, 5.74) is 6.69. The van der Waals surface area contributed by atoms with Gasteiger partial charge in [-0.15, -0.1) is 5.10 Å². The number of esters is 2. The Bertz CT molecular complexity index is 711. The first kappa shape index (κ1) is 16.5. The van der Waals surface area contributed by atoms with Crippen molar-refractivity contribution in [3.8, 4) is 5.69 Å². The first-order valence-electron chi connectivity index (χ1n) is 7.24. The number of carbonyl (C=O) groups is 2. The predicted molar refractivity (Wildman–Crippen MR) is 82.3 cm³/mol. The molecule has 0 bridgehead atoms. The van der Waals surface area contributed by atoms with Crippen molar-refractivity contribution in [1.82, 2.24) is 15.0 Å². The molecule has 8 heteroatoms. The number of ether oxygens (including phenoxy) is 2. The minimum absolute atomic E-state index is 0.0440. The second kappa shape index (κ2) is 7.39. The van der Waals surface area contributed by atoms with Crippen LogP contribution in [0.1, 0.15) is 41.1 Å². The summed E-state index contributed by atoms with van der Waals surface area (Å²) in [6.07, 6.45) is 0.740. The van der Waals surface area contributed by atoms with E-state index in [2.05, 4.69) is 10.3 Å². The lowest BCUT2D eigenvalue weighted by Gasteiger charge is -2.06. The average Bonchev–Trinajstić information content (AvgIpc) is 2.94. The zero-order chi connectivity index (χ0) is 16.8. The van der Waals surface area contributed by atoms with Gasteiger partial charge < -0.3 is 15.2 Å². The van der Waals surface area contributed by atoms with Gasteiger partial charge in [-0.05, 0) is 31.5 Å². The van der Waals surface area contributed by atoms with Crippen molar-refractivity contribution in [2.45, 2.75) is 20.3 Å². The van der Waals surface area contributed by atoms with Crippen LogP contribution in [0.25, 0.3) is 5.69 Å². The van der Waals surface area contributed by atoms with Gasteiger partial charge in [0.1, 0.15) is 0 Å². The van der Waals surface area contributed by atoms with Crippen molar-refractivity contribution in [3.63, 3.8) is 0 Å². The van der Waals surface area contributed by atoms with E-state index in [9.17, 15) is 9.59 Å². The van der Waals surface area contributed by atoms with E-state index in [0.717, 1.165) is 6.42 Å². The zero-order valence-corrected chi connectivity index (χ0v) is 13.0. The third-order valence-electron chi connectivity index (χ3n) is 2.94. The van der Waals surface area contributed by atoms with Crippen LogP contribution in [0, 0.1) is 0 Å². The van der Waals surface area contributed by atoms with Crippen molar-refractivity contribution in [1.29, 1.82) is 0 Å². The van der Waals surface area contributed by atoms with Crippen LogP contribution in [-0.4, -0.2) is 40.1 Å². The Hall–Kier alpha value is -2.90. The van der Waals surface area contributed by atoms with E-state index < -0.39 is 11.9 Å². The molecule has 0 unspecified atom stereocenters. The molecule has 2 N–H and O–H groups in total. The van der Waals surface area contributed by atoms with Gasteiger partial charge in [0.15, 0.2) is 5.82 Å². The van der Waals surface area contributed by atoms with Crippen molar-refractivity contribution in [3.05, 3.63) is 35.5 Å². The summed E-state index contributed by atoms with van der Waals surface area (Å²) in [5.74, 6) is -1.03. The third-order valence-corrected chi connectivity index (χ3v) is 2.94. The number of benzene rings is 1. The van der Waals surface area contributed by atoms with Crippen molar-refractivity contribution < 1.29 is 19.1 Å². The Balaban J connectivity index is 2.29. The van der Waals surface area contributed by atoms with Crippen LogP contribution in [0.4, 0.5) is 5.82 Å². The van der Waals surface area contributed by atoms with Crippen LogP contribution in [0.2, 0.25) is 0 Å². The lowest BCUT2D eigenvalue weighted by atomic mass is 10.2. The summed E-state index contributed by atoms with van der Waals surface area (Å²) >= 11 is 0. The lowest BCUT2D eigenvalue weighted by molar-refractivity contribution is 0.0500. The topological polar surface area (TPSA) is 109 Å². The van der Waals surface area contributed by atoms with Crippen molar-refractivity contribution in [2.75, 3.05) is 18.9 Å². The van der Waals surface area contributed by atoms with E-state index >= 15 is 0 Å². The van der Waals surface area contributed by atoms with Crippen LogP contribution in [0.3, 0.4) is 0 Å². The second-order valence-corrected chi connectivity index (χ2v) is 4.64. The molecule has 1 aromatic carbocycles. The van der Waals surface area contributed by atoms with Gasteiger partial charge in [-0.1, -0.05) is 18.2 Å². The van der Waals surface area contributed by atoms with E-state index in [0.29, 0.717) is 17.9 Å². The Morgan fingerprint density at radius 2 is 2.00 bits per heavy atom. The minimum atomic E-state index is -0.644. The summed E-state index contributed by atoms with van der Waals surface area (Å²) in [7, 11) is 0. The summed E-state index contributed by atoms with van der Waals surface area (Å²) < 4.78 is 11.2. The average molecular weight is 318 g/mol. The Labute approximate surface area is 133 Å². The van der Waals surface area contributed by atoms with Gasteiger partial charge in [0.2, 0.25) is 5.69 Å². The quantitative estimate of drug-likeness (QED) is 0.805. The molecule has 2 aromatic rings. The Kier molecular flexibility index (Phi) is 5.29. The molecule has 0 saturated heterocycles. The number of rotatable bonds is 6. The number of nitrogens with two attached hydrogens (primary N) is 1. The highest BCUT2D eigenvalue weighted by atomic mass is 16.5. The first-order chi connectivity index (χ1) is 11.1. The predicted octanol–water partition coefficient (Wildman–Crippen LogP) is 1.59. The van der Waals surface area contributed by atoms with Crippen LogP contribution in [0.5, 0.6) is 0 Å². The molecule has 0 amide bonds. The van der Waals surface area contributed by atoms with Gasteiger partial charge in [-0.25, -0.2) is 9.59 Å². The highest BCUT2D eigenvalue weighted by Crippen LogP contribution is 2.17. The maximum absolute atomic E-state index is 11.9. The van der Waals surface area contributed by atoms with E-state index in [1.807, 2.05) is 6.92 Å². The fourth-order valence-electron chi connectivity index (χ4n) is 1.87. The molecule has 0 aliphatic carbocycles. The molecule has 2 rings (SSSR count). The number of hydrogen-bond donors (Lipinski definition) is 1. The number of anilines is 1. The highest BCUT2D eigenvalue weighted by molar-refractivity contribution is 5.92. The molecule has 0 aliphatic heterocycles. The van der Waals surface area contributed by atoms with Gasteiger partial charge >= 0.3 is 11.9 Å². The minimum Gasteiger partial charge on any atom is -0.462 e. The molecule has 0 aliphatic rings. The van der Waals surface area contributed by atoms with E-state index in [1.165, 1.54) is 4.68 Å². The summed E-state index contributed by atoms with van der Waals surface area (Å²) in [5, 5.41) is 7.57. The molecule has 23 heavy (non-hydrogen) atoms. The van der Waals surface area contributed by atoms with Gasteiger partial charge in [0.05, 0.1) is 24.5 Å². The number of aromatic nitrogens is 3. The normalized spacial score (nSPS) is 10.3. The molecule has 0 saturated carbocycles. The zero-order valence-electron chi connectivity index (χ0n) is 13.0. The maximum atomic E-state index is 11.9. The fourth-order valence-corrected chi connectivity index (χ4v) is 1.87. The van der Waals surface area contributed by atoms with Gasteiger partial charge in [-0.2, -0.15) is 4.68 Å². The van der Waals surface area contributed by atoms with E-state index in [4.69, 9.17) is 15.2 Å². The molecule has 0 spiro atoms. The second-order valence-electron chi connectivity index (χ2n) is 4.64. The van der Waals surface area contributed by atoms with Crippen molar-refractivity contribution in [2.24, 2.45) is 0 Å². The summed E-state index contributed by atoms with van der Waals surface area (Å²) in [4.78, 5) is 23.6. The SMILES string of the molecule is CCCOC(=O)c1cccc(-n2nnc(C(=O)OCC)c2N)c1. The molecule has 122 valence electrons. The number of hydrogen-bond acceptors (Lipinski definition) is 7. The van der Waals surface area contributed by atoms with Crippen LogP contribution >= 0.6 is 0 Å². The van der Waals surface area contributed by atoms with Gasteiger partial charge in [0.25, 0.3) is 0 Å². The molecular weight excluding hydrogens is 300 g/mol. The molecule has 0 radical (unpaired) electrons. The highest BCUT2D eigenvalue weighted by Gasteiger charge is 2.20. The van der Waals surface area contributed by atoms with Crippen LogP contribution in [0.15, 0.2) is 24.3 Å². The standard InChI is InChI=1S/C15H18N4O4/c1-3-8-23-14(20)10-6-5-7-11(9-10)19-13(16)12(17-18-19)15(21)22-4-2/h5-7,9H,3-4,8,16H2,1-2H3. The van der Waals surface area contributed by atoms with Gasteiger partial charge in [0, 0.05) is 0 Å². The number of nitrogen functional groups attached to an aromatic ring is 1. The lowest BCUT2D eigenvalue weighted by Crippen LogP contribution is -2.10. The maximum Gasteiger partial charge on any atom is 0.362 e. The van der Waals surface area contributed by atoms with E-state index in [-0.39, 0.29) is 18.1 Å². The molecule has 1 heterocycles.